The first kappa shape index (κ1) is 14.4. The van der Waals surface area contributed by atoms with Crippen molar-refractivity contribution in [3.8, 4) is 0 Å². The van der Waals surface area contributed by atoms with Gasteiger partial charge >= 0.3 is 0 Å². The van der Waals surface area contributed by atoms with Crippen molar-refractivity contribution in [3.63, 3.8) is 0 Å². The minimum absolute atomic E-state index is 0.0435. The zero-order valence-electron chi connectivity index (χ0n) is 12.8. The molecule has 0 radical (unpaired) electrons. The number of rotatable bonds is 5. The van der Waals surface area contributed by atoms with Crippen molar-refractivity contribution in [1.29, 1.82) is 0 Å². The average molecular weight is 287 g/mol. The summed E-state index contributed by atoms with van der Waals surface area (Å²) in [5.41, 5.74) is 2.22. The van der Waals surface area contributed by atoms with Gasteiger partial charge in [0.1, 0.15) is 0 Å². The van der Waals surface area contributed by atoms with Crippen molar-refractivity contribution in [2.45, 2.75) is 37.6 Å². The zero-order valence-corrected chi connectivity index (χ0v) is 12.8. The summed E-state index contributed by atoms with van der Waals surface area (Å²) < 4.78 is 0. The Hall–Kier alpha value is -1.55. The van der Waals surface area contributed by atoms with Gasteiger partial charge in [0.05, 0.1) is 5.92 Å². The lowest BCUT2D eigenvalue weighted by Crippen LogP contribution is -2.39. The van der Waals surface area contributed by atoms with Crippen LogP contribution >= 0.6 is 0 Å². The van der Waals surface area contributed by atoms with Crippen LogP contribution in [-0.4, -0.2) is 43.5 Å². The Morgan fingerprint density at radius 1 is 1.33 bits per heavy atom. The fourth-order valence-corrected chi connectivity index (χ4v) is 3.52. The number of anilines is 1. The van der Waals surface area contributed by atoms with Crippen LogP contribution in [0.15, 0.2) is 24.3 Å². The molecule has 4 heteroatoms. The van der Waals surface area contributed by atoms with E-state index in [-0.39, 0.29) is 11.8 Å². The molecule has 1 aliphatic heterocycles. The summed E-state index contributed by atoms with van der Waals surface area (Å²) in [4.78, 5) is 14.7. The third-order valence-corrected chi connectivity index (χ3v) is 4.86. The molecule has 3 rings (SSSR count). The van der Waals surface area contributed by atoms with Crippen LogP contribution in [0.5, 0.6) is 0 Å². The van der Waals surface area contributed by atoms with Gasteiger partial charge in [0.25, 0.3) is 0 Å². The summed E-state index contributed by atoms with van der Waals surface area (Å²) in [7, 11) is 2.18. The van der Waals surface area contributed by atoms with Crippen LogP contribution in [0.1, 0.15) is 37.2 Å². The highest BCUT2D eigenvalue weighted by Crippen LogP contribution is 2.30. The molecule has 4 nitrogen and oxygen atoms in total. The van der Waals surface area contributed by atoms with Gasteiger partial charge in [0, 0.05) is 31.4 Å². The predicted molar refractivity (Wildman–Crippen MR) is 85.6 cm³/mol. The molecule has 0 spiro atoms. The Bertz CT molecular complexity index is 497. The summed E-state index contributed by atoms with van der Waals surface area (Å²) in [6.07, 6.45) is 5.33. The molecule has 1 atom stereocenters. The fourth-order valence-electron chi connectivity index (χ4n) is 3.52. The SMILES string of the molecule is CN(CCNC(=O)C1CNc2ccccc21)C1CCCC1. The second kappa shape index (κ2) is 6.48. The van der Waals surface area contributed by atoms with E-state index in [0.717, 1.165) is 30.4 Å². The molecule has 1 aromatic carbocycles. The fraction of sp³-hybridized carbons (Fsp3) is 0.588. The van der Waals surface area contributed by atoms with Crippen molar-refractivity contribution < 1.29 is 4.79 Å². The Morgan fingerprint density at radius 2 is 2.10 bits per heavy atom. The number of para-hydroxylation sites is 1. The number of carbonyl (C=O) groups excluding carboxylic acids is 1. The highest BCUT2D eigenvalue weighted by Gasteiger charge is 2.28. The molecule has 1 aromatic rings. The van der Waals surface area contributed by atoms with Crippen LogP contribution in [-0.2, 0) is 4.79 Å². The highest BCUT2D eigenvalue weighted by atomic mass is 16.1. The largest absolute Gasteiger partial charge is 0.384 e. The molecule has 1 fully saturated rings. The number of hydrogen-bond acceptors (Lipinski definition) is 3. The van der Waals surface area contributed by atoms with E-state index < -0.39 is 0 Å². The second-order valence-corrected chi connectivity index (χ2v) is 6.23. The zero-order chi connectivity index (χ0) is 14.7. The molecule has 2 aliphatic rings. The van der Waals surface area contributed by atoms with Crippen LogP contribution in [0, 0.1) is 0 Å². The lowest BCUT2D eigenvalue weighted by molar-refractivity contribution is -0.122. The normalized spacial score (nSPS) is 21.3. The number of benzene rings is 1. The van der Waals surface area contributed by atoms with Gasteiger partial charge in [0.2, 0.25) is 5.91 Å². The number of hydrogen-bond donors (Lipinski definition) is 2. The summed E-state index contributed by atoms with van der Waals surface area (Å²) in [5.74, 6) is 0.102. The molecule has 1 saturated carbocycles. The quantitative estimate of drug-likeness (QED) is 0.872. The maximum atomic E-state index is 12.3. The predicted octanol–water partition coefficient (Wildman–Crippen LogP) is 2.19. The van der Waals surface area contributed by atoms with E-state index in [0.29, 0.717) is 6.54 Å². The second-order valence-electron chi connectivity index (χ2n) is 6.23. The minimum atomic E-state index is -0.0435. The lowest BCUT2D eigenvalue weighted by Gasteiger charge is -2.24. The monoisotopic (exact) mass is 287 g/mol. The highest BCUT2D eigenvalue weighted by molar-refractivity contribution is 5.88. The number of fused-ring (bicyclic) bond motifs is 1. The summed E-state index contributed by atoms with van der Waals surface area (Å²) >= 11 is 0. The lowest BCUT2D eigenvalue weighted by atomic mass is 10.0. The van der Waals surface area contributed by atoms with Crippen LogP contribution < -0.4 is 10.6 Å². The smallest absolute Gasteiger partial charge is 0.229 e. The van der Waals surface area contributed by atoms with E-state index >= 15 is 0 Å². The molecule has 114 valence electrons. The van der Waals surface area contributed by atoms with E-state index in [1.165, 1.54) is 25.7 Å². The molecule has 1 heterocycles. The molecule has 0 saturated heterocycles. The average Bonchev–Trinajstić information content (AvgIpc) is 3.16. The third-order valence-electron chi connectivity index (χ3n) is 4.86. The van der Waals surface area contributed by atoms with Gasteiger partial charge in [-0.2, -0.15) is 0 Å². The first-order valence-electron chi connectivity index (χ1n) is 8.06. The van der Waals surface area contributed by atoms with Gasteiger partial charge in [-0.25, -0.2) is 0 Å². The third kappa shape index (κ3) is 3.21. The standard InChI is InChI=1S/C17H25N3O/c1-20(13-6-2-3-7-13)11-10-18-17(21)15-12-19-16-9-5-4-8-14(15)16/h4-5,8-9,13,15,19H,2-3,6-7,10-12H2,1H3,(H,18,21). The first-order valence-corrected chi connectivity index (χ1v) is 8.06. The number of amides is 1. The van der Waals surface area contributed by atoms with Crippen LogP contribution in [0.2, 0.25) is 0 Å². The van der Waals surface area contributed by atoms with Gasteiger partial charge in [0.15, 0.2) is 0 Å². The number of likely N-dealkylation sites (N-methyl/N-ethyl adjacent to an activating group) is 1. The van der Waals surface area contributed by atoms with E-state index in [4.69, 9.17) is 0 Å². The molecule has 2 N–H and O–H groups in total. The van der Waals surface area contributed by atoms with Crippen LogP contribution in [0.25, 0.3) is 0 Å². The van der Waals surface area contributed by atoms with E-state index in [1.54, 1.807) is 0 Å². The van der Waals surface area contributed by atoms with Crippen molar-refractivity contribution in [3.05, 3.63) is 29.8 Å². The van der Waals surface area contributed by atoms with E-state index in [2.05, 4.69) is 22.6 Å². The van der Waals surface area contributed by atoms with Crippen molar-refractivity contribution in [2.24, 2.45) is 0 Å². The van der Waals surface area contributed by atoms with Crippen molar-refractivity contribution in [1.82, 2.24) is 10.2 Å². The van der Waals surface area contributed by atoms with Gasteiger partial charge in [-0.3, -0.25) is 4.79 Å². The van der Waals surface area contributed by atoms with Gasteiger partial charge in [-0.1, -0.05) is 31.0 Å². The van der Waals surface area contributed by atoms with Crippen LogP contribution in [0.3, 0.4) is 0 Å². The van der Waals surface area contributed by atoms with Crippen molar-refractivity contribution >= 4 is 11.6 Å². The molecule has 1 amide bonds. The first-order chi connectivity index (χ1) is 10.3. The maximum absolute atomic E-state index is 12.3. The maximum Gasteiger partial charge on any atom is 0.229 e. The van der Waals surface area contributed by atoms with E-state index in [9.17, 15) is 4.79 Å². The van der Waals surface area contributed by atoms with Crippen molar-refractivity contribution in [2.75, 3.05) is 32.0 Å². The molecule has 0 bridgehead atoms. The Kier molecular flexibility index (Phi) is 4.44. The van der Waals surface area contributed by atoms with Gasteiger partial charge in [-0.15, -0.1) is 0 Å². The Labute approximate surface area is 126 Å². The molecule has 21 heavy (non-hydrogen) atoms. The Balaban J connectivity index is 1.47. The Morgan fingerprint density at radius 3 is 2.90 bits per heavy atom. The van der Waals surface area contributed by atoms with Gasteiger partial charge in [-0.05, 0) is 31.5 Å². The summed E-state index contributed by atoms with van der Waals surface area (Å²) in [5, 5.41) is 6.40. The molecule has 1 aliphatic carbocycles. The number of carbonyl (C=O) groups is 1. The summed E-state index contributed by atoms with van der Waals surface area (Å²) in [6, 6.07) is 8.80. The molecular weight excluding hydrogens is 262 g/mol. The van der Waals surface area contributed by atoms with Crippen LogP contribution in [0.4, 0.5) is 5.69 Å². The van der Waals surface area contributed by atoms with Gasteiger partial charge < -0.3 is 15.5 Å². The summed E-state index contributed by atoms with van der Waals surface area (Å²) in [6.45, 7) is 2.40. The molecule has 0 aromatic heterocycles. The molecular formula is C17H25N3O. The molecule has 1 unspecified atom stereocenters. The minimum Gasteiger partial charge on any atom is -0.384 e. The number of nitrogens with zero attached hydrogens (tertiary/aromatic N) is 1. The topological polar surface area (TPSA) is 44.4 Å². The van der Waals surface area contributed by atoms with E-state index in [1.807, 2.05) is 24.3 Å². The number of nitrogens with one attached hydrogen (secondary N) is 2.